The summed E-state index contributed by atoms with van der Waals surface area (Å²) < 4.78 is 0. The summed E-state index contributed by atoms with van der Waals surface area (Å²) in [5.74, 6) is 0.384. The lowest BCUT2D eigenvalue weighted by atomic mass is 9.82. The van der Waals surface area contributed by atoms with Gasteiger partial charge >= 0.3 is 0 Å². The lowest BCUT2D eigenvalue weighted by Crippen LogP contribution is -2.14. The molecule has 1 aromatic carbocycles. The number of benzene rings is 1. The Labute approximate surface area is 144 Å². The molecule has 2 heteroatoms. The number of ketones is 2. The third-order valence-corrected chi connectivity index (χ3v) is 4.41. The van der Waals surface area contributed by atoms with E-state index in [9.17, 15) is 9.59 Å². The van der Waals surface area contributed by atoms with Gasteiger partial charge in [-0.1, -0.05) is 67.3 Å². The average Bonchev–Trinajstić information content (AvgIpc) is 2.61. The van der Waals surface area contributed by atoms with Crippen molar-refractivity contribution in [3.05, 3.63) is 85.0 Å². The molecule has 0 unspecified atom stereocenters. The van der Waals surface area contributed by atoms with Crippen molar-refractivity contribution >= 4 is 11.6 Å². The number of rotatable bonds is 5. The number of Topliss-reactive ketones (excluding diaryl/α,β-unsaturated/α-hetero) is 1. The van der Waals surface area contributed by atoms with E-state index in [-0.39, 0.29) is 23.4 Å². The predicted molar refractivity (Wildman–Crippen MR) is 98.8 cm³/mol. The molecular formula is C22H24O2. The van der Waals surface area contributed by atoms with Crippen LogP contribution in [-0.2, 0) is 4.79 Å². The minimum absolute atomic E-state index is 0.0202. The first-order valence-corrected chi connectivity index (χ1v) is 8.38. The van der Waals surface area contributed by atoms with Crippen LogP contribution in [0.25, 0.3) is 0 Å². The molecule has 0 saturated heterocycles. The molecule has 0 saturated carbocycles. The summed E-state index contributed by atoms with van der Waals surface area (Å²) in [5, 5.41) is 0. The third-order valence-electron chi connectivity index (χ3n) is 4.41. The van der Waals surface area contributed by atoms with E-state index in [0.29, 0.717) is 12.0 Å². The first-order chi connectivity index (χ1) is 11.6. The Balaban J connectivity index is 2.17. The van der Waals surface area contributed by atoms with Crippen molar-refractivity contribution in [3.63, 3.8) is 0 Å². The maximum Gasteiger partial charge on any atom is 0.178 e. The maximum absolute atomic E-state index is 12.5. The normalized spacial score (nSPS) is 23.9. The zero-order valence-electron chi connectivity index (χ0n) is 14.0. The molecule has 124 valence electrons. The standard InChI is InChI=1S/C22H24O2/c1-3-17(2)20-11-7-8-12-21(23)14-13-18(15-20)16-22(24)19-9-5-4-6-10-19/h3-6,8-10,12-14,18,20H,1-2,7,11,15-16H2/b12-8+,14-13-/t18-,20-/m1/s1. The molecule has 1 aromatic rings. The molecule has 0 heterocycles. The Hall–Kier alpha value is -2.48. The van der Waals surface area contributed by atoms with Crippen LogP contribution in [-0.4, -0.2) is 11.6 Å². The molecule has 0 amide bonds. The third kappa shape index (κ3) is 5.31. The van der Waals surface area contributed by atoms with Gasteiger partial charge in [0, 0.05) is 12.0 Å². The molecule has 0 aromatic heterocycles. The van der Waals surface area contributed by atoms with Crippen LogP contribution < -0.4 is 0 Å². The molecule has 2 atom stereocenters. The minimum Gasteiger partial charge on any atom is -0.294 e. The van der Waals surface area contributed by atoms with Crippen molar-refractivity contribution in [3.8, 4) is 0 Å². The number of carbonyl (C=O) groups is 2. The highest BCUT2D eigenvalue weighted by atomic mass is 16.1. The fourth-order valence-electron chi connectivity index (χ4n) is 2.98. The van der Waals surface area contributed by atoms with E-state index in [1.54, 1.807) is 18.2 Å². The SMILES string of the molecule is C=CC(=C)[C@@H]1CC/C=C/C(=O)/C=C\[C@@H](CC(=O)c2ccccc2)C1. The zero-order valence-corrected chi connectivity index (χ0v) is 14.0. The summed E-state index contributed by atoms with van der Waals surface area (Å²) >= 11 is 0. The second kappa shape index (κ2) is 8.97. The van der Waals surface area contributed by atoms with Crippen LogP contribution in [0.15, 0.2) is 79.4 Å². The van der Waals surface area contributed by atoms with E-state index < -0.39 is 0 Å². The zero-order chi connectivity index (χ0) is 17.4. The molecule has 1 aliphatic carbocycles. The number of carbonyl (C=O) groups excluding carboxylic acids is 2. The van der Waals surface area contributed by atoms with Gasteiger partial charge in [0.05, 0.1) is 0 Å². The molecule has 1 aliphatic rings. The van der Waals surface area contributed by atoms with Gasteiger partial charge in [-0.15, -0.1) is 0 Å². The Kier molecular flexibility index (Phi) is 6.68. The largest absolute Gasteiger partial charge is 0.294 e. The summed E-state index contributed by atoms with van der Waals surface area (Å²) in [6, 6.07) is 9.30. The van der Waals surface area contributed by atoms with E-state index in [4.69, 9.17) is 0 Å². The Morgan fingerprint density at radius 3 is 2.67 bits per heavy atom. The minimum atomic E-state index is -0.0202. The lowest BCUT2D eigenvalue weighted by Gasteiger charge is -2.22. The molecule has 2 rings (SSSR count). The number of hydrogen-bond acceptors (Lipinski definition) is 2. The fraction of sp³-hybridized carbons (Fsp3) is 0.273. The van der Waals surface area contributed by atoms with Gasteiger partial charge in [0.25, 0.3) is 0 Å². The molecule has 0 fully saturated rings. The summed E-state index contributed by atoms with van der Waals surface area (Å²) in [4.78, 5) is 24.3. The lowest BCUT2D eigenvalue weighted by molar-refractivity contribution is -0.110. The molecule has 24 heavy (non-hydrogen) atoms. The number of hydrogen-bond donors (Lipinski definition) is 0. The predicted octanol–water partition coefficient (Wildman–Crippen LogP) is 5.10. The number of allylic oxidation sites excluding steroid dienone is 6. The fourth-order valence-corrected chi connectivity index (χ4v) is 2.98. The van der Waals surface area contributed by atoms with Crippen LogP contribution in [0.3, 0.4) is 0 Å². The molecule has 0 radical (unpaired) electrons. The highest BCUT2D eigenvalue weighted by molar-refractivity contribution is 5.99. The first kappa shape index (κ1) is 17.9. The van der Waals surface area contributed by atoms with Gasteiger partial charge in [-0.05, 0) is 43.3 Å². The van der Waals surface area contributed by atoms with E-state index in [1.807, 2.05) is 42.5 Å². The van der Waals surface area contributed by atoms with Gasteiger partial charge in [0.15, 0.2) is 11.6 Å². The van der Waals surface area contributed by atoms with E-state index in [0.717, 1.165) is 24.8 Å². The maximum atomic E-state index is 12.5. The second-order valence-electron chi connectivity index (χ2n) is 6.21. The molecule has 0 bridgehead atoms. The van der Waals surface area contributed by atoms with Crippen molar-refractivity contribution in [1.29, 1.82) is 0 Å². The van der Waals surface area contributed by atoms with Gasteiger partial charge < -0.3 is 0 Å². The average molecular weight is 320 g/mol. The van der Waals surface area contributed by atoms with Crippen molar-refractivity contribution < 1.29 is 9.59 Å². The molecular weight excluding hydrogens is 296 g/mol. The van der Waals surface area contributed by atoms with Crippen molar-refractivity contribution in [2.24, 2.45) is 11.8 Å². The quantitative estimate of drug-likeness (QED) is 0.559. The van der Waals surface area contributed by atoms with Gasteiger partial charge in [0.1, 0.15) is 0 Å². The molecule has 0 N–H and O–H groups in total. The van der Waals surface area contributed by atoms with Crippen LogP contribution >= 0.6 is 0 Å². The highest BCUT2D eigenvalue weighted by Crippen LogP contribution is 2.29. The van der Waals surface area contributed by atoms with Crippen molar-refractivity contribution in [1.82, 2.24) is 0 Å². The van der Waals surface area contributed by atoms with Crippen LogP contribution in [0.5, 0.6) is 0 Å². The van der Waals surface area contributed by atoms with Gasteiger partial charge in [-0.3, -0.25) is 9.59 Å². The Morgan fingerprint density at radius 2 is 1.96 bits per heavy atom. The van der Waals surface area contributed by atoms with Gasteiger partial charge in [-0.2, -0.15) is 0 Å². The topological polar surface area (TPSA) is 34.1 Å². The smallest absolute Gasteiger partial charge is 0.178 e. The highest BCUT2D eigenvalue weighted by Gasteiger charge is 2.20. The van der Waals surface area contributed by atoms with Crippen LogP contribution in [0.4, 0.5) is 0 Å². The summed E-state index contributed by atoms with van der Waals surface area (Å²) in [6.07, 6.45) is 11.7. The van der Waals surface area contributed by atoms with Crippen LogP contribution in [0.1, 0.15) is 36.0 Å². The molecule has 2 nitrogen and oxygen atoms in total. The molecule has 0 aliphatic heterocycles. The monoisotopic (exact) mass is 320 g/mol. The second-order valence-corrected chi connectivity index (χ2v) is 6.21. The van der Waals surface area contributed by atoms with E-state index >= 15 is 0 Å². The van der Waals surface area contributed by atoms with Crippen LogP contribution in [0, 0.1) is 11.8 Å². The summed E-state index contributed by atoms with van der Waals surface area (Å²) in [5.41, 5.74) is 1.72. The van der Waals surface area contributed by atoms with Crippen molar-refractivity contribution in [2.75, 3.05) is 0 Å². The van der Waals surface area contributed by atoms with Gasteiger partial charge in [0.2, 0.25) is 0 Å². The van der Waals surface area contributed by atoms with Crippen molar-refractivity contribution in [2.45, 2.75) is 25.7 Å². The van der Waals surface area contributed by atoms with Gasteiger partial charge in [-0.25, -0.2) is 0 Å². The summed E-state index contributed by atoms with van der Waals surface area (Å²) in [6.45, 7) is 7.91. The van der Waals surface area contributed by atoms with Crippen LogP contribution in [0.2, 0.25) is 0 Å². The first-order valence-electron chi connectivity index (χ1n) is 8.38. The summed E-state index contributed by atoms with van der Waals surface area (Å²) in [7, 11) is 0. The van der Waals surface area contributed by atoms with E-state index in [1.165, 1.54) is 0 Å². The molecule has 0 spiro atoms. The van der Waals surface area contributed by atoms with E-state index in [2.05, 4.69) is 13.2 Å². The Bertz CT molecular complexity index is 664. The Morgan fingerprint density at radius 1 is 1.21 bits per heavy atom.